The van der Waals surface area contributed by atoms with Crippen molar-refractivity contribution in [1.82, 2.24) is 4.90 Å². The van der Waals surface area contributed by atoms with Crippen LogP contribution >= 0.6 is 11.8 Å². The predicted octanol–water partition coefficient (Wildman–Crippen LogP) is 3.84. The number of thioether (sulfide) groups is 1. The number of para-hydroxylation sites is 1. The number of ether oxygens (including phenoxy) is 4. The van der Waals surface area contributed by atoms with E-state index < -0.39 is 0 Å². The minimum Gasteiger partial charge on any atom is -0.493 e. The fraction of sp³-hybridized carbons (Fsp3) is 0.273. The second-order valence-corrected chi connectivity index (χ2v) is 7.24. The highest BCUT2D eigenvalue weighted by molar-refractivity contribution is 8.18. The molecule has 158 valence electrons. The van der Waals surface area contributed by atoms with Gasteiger partial charge in [-0.2, -0.15) is 0 Å². The van der Waals surface area contributed by atoms with Crippen molar-refractivity contribution in [3.8, 4) is 17.2 Å². The summed E-state index contributed by atoms with van der Waals surface area (Å²) in [4.78, 5) is 26.5. The standard InChI is InChI=1S/C22H23NO6S/c1-26-12-13-29-18-9-8-16(14-19(18)27-2)15-20-21(24)23(22(25)30-20)10-11-28-17-6-4-3-5-7-17/h3-9,14-15H,10-13H2,1-2H3/b20-15-. The highest BCUT2D eigenvalue weighted by Gasteiger charge is 2.34. The van der Waals surface area contributed by atoms with Crippen molar-refractivity contribution in [2.45, 2.75) is 0 Å². The van der Waals surface area contributed by atoms with E-state index in [4.69, 9.17) is 18.9 Å². The summed E-state index contributed by atoms with van der Waals surface area (Å²) in [6, 6.07) is 14.6. The molecule has 2 aromatic rings. The van der Waals surface area contributed by atoms with Crippen molar-refractivity contribution in [2.24, 2.45) is 0 Å². The minimum atomic E-state index is -0.332. The Bertz CT molecular complexity index is 915. The van der Waals surface area contributed by atoms with Gasteiger partial charge >= 0.3 is 0 Å². The van der Waals surface area contributed by atoms with Gasteiger partial charge in [-0.3, -0.25) is 14.5 Å². The van der Waals surface area contributed by atoms with E-state index in [9.17, 15) is 9.59 Å². The van der Waals surface area contributed by atoms with Gasteiger partial charge in [-0.25, -0.2) is 0 Å². The number of imide groups is 1. The Morgan fingerprint density at radius 3 is 2.47 bits per heavy atom. The molecule has 7 nitrogen and oxygen atoms in total. The molecule has 1 aliphatic rings. The first-order valence-corrected chi connectivity index (χ1v) is 10.2. The van der Waals surface area contributed by atoms with Crippen molar-refractivity contribution >= 4 is 29.0 Å². The quantitative estimate of drug-likeness (QED) is 0.420. The lowest BCUT2D eigenvalue weighted by Crippen LogP contribution is -2.32. The first-order valence-electron chi connectivity index (χ1n) is 9.35. The SMILES string of the molecule is COCCOc1ccc(/C=C2\SC(=O)N(CCOc3ccccc3)C2=O)cc1OC. The number of nitrogens with zero attached hydrogens (tertiary/aromatic N) is 1. The van der Waals surface area contributed by atoms with Gasteiger partial charge in [-0.1, -0.05) is 24.3 Å². The zero-order chi connectivity index (χ0) is 21.3. The van der Waals surface area contributed by atoms with E-state index in [0.717, 1.165) is 17.3 Å². The zero-order valence-electron chi connectivity index (χ0n) is 16.8. The zero-order valence-corrected chi connectivity index (χ0v) is 17.6. The minimum absolute atomic E-state index is 0.187. The van der Waals surface area contributed by atoms with Crippen LogP contribution in [0.5, 0.6) is 17.2 Å². The van der Waals surface area contributed by atoms with Gasteiger partial charge < -0.3 is 18.9 Å². The van der Waals surface area contributed by atoms with Gasteiger partial charge in [0.1, 0.15) is 19.0 Å². The normalized spacial score (nSPS) is 15.0. The maximum Gasteiger partial charge on any atom is 0.293 e. The summed E-state index contributed by atoms with van der Waals surface area (Å²) in [5.74, 6) is 1.48. The fourth-order valence-corrected chi connectivity index (χ4v) is 3.61. The monoisotopic (exact) mass is 429 g/mol. The molecule has 1 aliphatic heterocycles. The molecule has 8 heteroatoms. The van der Waals surface area contributed by atoms with E-state index in [-0.39, 0.29) is 24.3 Å². The molecule has 0 unspecified atom stereocenters. The van der Waals surface area contributed by atoms with Crippen molar-refractivity contribution in [3.63, 3.8) is 0 Å². The molecule has 0 spiro atoms. The van der Waals surface area contributed by atoms with Gasteiger partial charge in [0.2, 0.25) is 0 Å². The summed E-state index contributed by atoms with van der Waals surface area (Å²) >= 11 is 0.912. The van der Waals surface area contributed by atoms with Crippen molar-refractivity contribution in [1.29, 1.82) is 0 Å². The van der Waals surface area contributed by atoms with Crippen LogP contribution in [0.3, 0.4) is 0 Å². The molecule has 0 N–H and O–H groups in total. The van der Waals surface area contributed by atoms with E-state index in [1.165, 1.54) is 4.90 Å². The van der Waals surface area contributed by atoms with Crippen LogP contribution in [-0.2, 0) is 9.53 Å². The highest BCUT2D eigenvalue weighted by Crippen LogP contribution is 2.34. The summed E-state index contributed by atoms with van der Waals surface area (Å²) in [5, 5.41) is -0.311. The van der Waals surface area contributed by atoms with E-state index in [0.29, 0.717) is 35.4 Å². The largest absolute Gasteiger partial charge is 0.493 e. The second-order valence-electron chi connectivity index (χ2n) is 6.25. The molecule has 0 aromatic heterocycles. The van der Waals surface area contributed by atoms with Gasteiger partial charge in [0.25, 0.3) is 11.1 Å². The number of methoxy groups -OCH3 is 2. The second kappa shape index (κ2) is 10.7. The third kappa shape index (κ3) is 5.55. The number of carbonyl (C=O) groups is 2. The summed E-state index contributed by atoms with van der Waals surface area (Å²) < 4.78 is 21.5. The van der Waals surface area contributed by atoms with E-state index in [1.807, 2.05) is 30.3 Å². The number of hydrogen-bond donors (Lipinski definition) is 0. The maximum atomic E-state index is 12.6. The van der Waals surface area contributed by atoms with Gasteiger partial charge in [0.05, 0.1) is 25.2 Å². The lowest BCUT2D eigenvalue weighted by Gasteiger charge is -2.13. The Morgan fingerprint density at radius 2 is 1.73 bits per heavy atom. The van der Waals surface area contributed by atoms with Gasteiger partial charge in [-0.15, -0.1) is 0 Å². The van der Waals surface area contributed by atoms with E-state index in [2.05, 4.69) is 0 Å². The molecule has 0 atom stereocenters. The van der Waals surface area contributed by atoms with Crippen molar-refractivity contribution in [2.75, 3.05) is 40.6 Å². The molecular formula is C22H23NO6S. The van der Waals surface area contributed by atoms with Gasteiger partial charge in [0, 0.05) is 7.11 Å². The molecule has 0 bridgehead atoms. The van der Waals surface area contributed by atoms with Crippen LogP contribution in [0.25, 0.3) is 6.08 Å². The Kier molecular flexibility index (Phi) is 7.75. The summed E-state index contributed by atoms with van der Waals surface area (Å²) in [7, 11) is 3.15. The number of benzene rings is 2. The molecular weight excluding hydrogens is 406 g/mol. The summed E-state index contributed by atoms with van der Waals surface area (Å²) in [5.41, 5.74) is 0.733. The van der Waals surface area contributed by atoms with Crippen molar-refractivity contribution < 1.29 is 28.5 Å². The van der Waals surface area contributed by atoms with Crippen molar-refractivity contribution in [3.05, 3.63) is 59.0 Å². The third-order valence-electron chi connectivity index (χ3n) is 4.23. The molecule has 1 saturated heterocycles. The van der Waals surface area contributed by atoms with Crippen LogP contribution in [0.1, 0.15) is 5.56 Å². The Hall–Kier alpha value is -2.97. The van der Waals surface area contributed by atoms with Crippen LogP contribution < -0.4 is 14.2 Å². The van der Waals surface area contributed by atoms with Crippen LogP contribution in [0.2, 0.25) is 0 Å². The summed E-state index contributed by atoms with van der Waals surface area (Å²) in [6.45, 7) is 1.28. The maximum absolute atomic E-state index is 12.6. The number of carbonyl (C=O) groups excluding carboxylic acids is 2. The van der Waals surface area contributed by atoms with Crippen LogP contribution in [-0.4, -0.2) is 56.6 Å². The average Bonchev–Trinajstić information content (AvgIpc) is 3.02. The molecule has 0 aliphatic carbocycles. The Morgan fingerprint density at radius 1 is 0.933 bits per heavy atom. The topological polar surface area (TPSA) is 74.3 Å². The van der Waals surface area contributed by atoms with Crippen LogP contribution in [0.15, 0.2) is 53.4 Å². The Labute approximate surface area is 179 Å². The molecule has 1 heterocycles. The van der Waals surface area contributed by atoms with Crippen LogP contribution in [0.4, 0.5) is 4.79 Å². The Balaban J connectivity index is 1.64. The van der Waals surface area contributed by atoms with Gasteiger partial charge in [0.15, 0.2) is 11.5 Å². The van der Waals surface area contributed by atoms with E-state index in [1.54, 1.807) is 38.5 Å². The number of rotatable bonds is 10. The third-order valence-corrected chi connectivity index (χ3v) is 5.14. The first kappa shape index (κ1) is 21.7. The molecule has 3 rings (SSSR count). The molecule has 2 amide bonds. The smallest absolute Gasteiger partial charge is 0.293 e. The number of hydrogen-bond acceptors (Lipinski definition) is 7. The molecule has 30 heavy (non-hydrogen) atoms. The molecule has 1 fully saturated rings. The molecule has 2 aromatic carbocycles. The predicted molar refractivity (Wildman–Crippen MR) is 115 cm³/mol. The number of amides is 2. The first-order chi connectivity index (χ1) is 14.6. The van der Waals surface area contributed by atoms with Crippen LogP contribution in [0, 0.1) is 0 Å². The van der Waals surface area contributed by atoms with Gasteiger partial charge in [-0.05, 0) is 47.7 Å². The lowest BCUT2D eigenvalue weighted by atomic mass is 10.2. The fourth-order valence-electron chi connectivity index (χ4n) is 2.74. The average molecular weight is 429 g/mol. The van der Waals surface area contributed by atoms with E-state index >= 15 is 0 Å². The lowest BCUT2D eigenvalue weighted by molar-refractivity contribution is -0.123. The summed E-state index contributed by atoms with van der Waals surface area (Å²) in [6.07, 6.45) is 1.67. The highest BCUT2D eigenvalue weighted by atomic mass is 32.2. The molecule has 0 saturated carbocycles. The molecule has 0 radical (unpaired) electrons.